The predicted octanol–water partition coefficient (Wildman–Crippen LogP) is 0.613. The molecule has 0 aliphatic rings. The van der Waals surface area contributed by atoms with Crippen LogP contribution < -0.4 is 9.68 Å². The molecule has 10 heavy (non-hydrogen) atoms. The average molecular weight is 154 g/mol. The number of halogens is 1. The lowest BCUT2D eigenvalue weighted by molar-refractivity contribution is -0.198. The summed E-state index contributed by atoms with van der Waals surface area (Å²) in [6.45, 7) is 0. The highest BCUT2D eigenvalue weighted by Crippen LogP contribution is 2.14. The first kappa shape index (κ1) is 7.44. The Morgan fingerprint density at radius 3 is 2.40 bits per heavy atom. The van der Waals surface area contributed by atoms with Crippen LogP contribution in [0.4, 0.5) is 0 Å². The number of rotatable bonds is 2. The van der Waals surface area contributed by atoms with Crippen LogP contribution in [0.15, 0.2) is 24.3 Å². The van der Waals surface area contributed by atoms with Gasteiger partial charge in [0.05, 0.1) is 5.75 Å². The van der Waals surface area contributed by atoms with E-state index in [0.717, 1.165) is 0 Å². The van der Waals surface area contributed by atoms with Crippen LogP contribution in [-0.2, 0) is 0 Å². The Hall–Kier alpha value is -0.665. The lowest BCUT2D eigenvalue weighted by Crippen LogP contribution is -2.18. The highest BCUT2D eigenvalue weighted by atomic mass is 35.5. The summed E-state index contributed by atoms with van der Waals surface area (Å²) in [5.41, 5.74) is 0. The number of hydrogen-bond donors (Lipinski definition) is 0. The monoisotopic (exact) mass is 154 g/mol. The SMILES string of the molecule is [O-][B]Oc1ccc(Cl)cc1. The van der Waals surface area contributed by atoms with Crippen LogP contribution in [0, 0.1) is 0 Å². The second-order valence-electron chi connectivity index (χ2n) is 1.67. The minimum atomic E-state index is 0.378. The minimum Gasteiger partial charge on any atom is -0.850 e. The maximum absolute atomic E-state index is 9.80. The van der Waals surface area contributed by atoms with Gasteiger partial charge in [0, 0.05) is 5.02 Å². The summed E-state index contributed by atoms with van der Waals surface area (Å²) in [4.78, 5) is 0. The van der Waals surface area contributed by atoms with E-state index >= 15 is 0 Å². The summed E-state index contributed by atoms with van der Waals surface area (Å²) < 4.78 is 4.52. The Bertz CT molecular complexity index is 199. The van der Waals surface area contributed by atoms with Crippen molar-refractivity contribution in [3.05, 3.63) is 29.3 Å². The third-order valence-electron chi connectivity index (χ3n) is 0.998. The molecule has 0 amide bonds. The predicted molar refractivity (Wildman–Crippen MR) is 37.8 cm³/mol. The van der Waals surface area contributed by atoms with Crippen molar-refractivity contribution in [2.45, 2.75) is 0 Å². The first-order valence-electron chi connectivity index (χ1n) is 2.69. The van der Waals surface area contributed by atoms with E-state index in [0.29, 0.717) is 18.5 Å². The lowest BCUT2D eigenvalue weighted by atomic mass is 10.3. The molecule has 0 saturated carbocycles. The van der Waals surface area contributed by atoms with Gasteiger partial charge in [0.25, 0.3) is 0 Å². The van der Waals surface area contributed by atoms with E-state index in [1.807, 2.05) is 0 Å². The van der Waals surface area contributed by atoms with E-state index in [4.69, 9.17) is 11.6 Å². The van der Waals surface area contributed by atoms with Crippen molar-refractivity contribution in [3.63, 3.8) is 0 Å². The van der Waals surface area contributed by atoms with Gasteiger partial charge in [-0.1, -0.05) is 11.6 Å². The van der Waals surface area contributed by atoms with Crippen LogP contribution in [-0.4, -0.2) is 7.69 Å². The van der Waals surface area contributed by atoms with Crippen molar-refractivity contribution in [2.24, 2.45) is 0 Å². The van der Waals surface area contributed by atoms with Crippen molar-refractivity contribution >= 4 is 19.3 Å². The topological polar surface area (TPSA) is 32.3 Å². The van der Waals surface area contributed by atoms with Crippen LogP contribution >= 0.6 is 11.6 Å². The smallest absolute Gasteiger partial charge is 0.244 e. The lowest BCUT2D eigenvalue weighted by Gasteiger charge is -2.06. The zero-order valence-electron chi connectivity index (χ0n) is 5.08. The number of hydrogen-bond acceptors (Lipinski definition) is 2. The maximum atomic E-state index is 9.80. The summed E-state index contributed by atoms with van der Waals surface area (Å²) in [6.07, 6.45) is 0. The van der Waals surface area contributed by atoms with Gasteiger partial charge in [-0.3, -0.25) is 0 Å². The van der Waals surface area contributed by atoms with Gasteiger partial charge in [0.1, 0.15) is 0 Å². The molecule has 1 radical (unpaired) electrons. The summed E-state index contributed by atoms with van der Waals surface area (Å²) >= 11 is 5.57. The molecule has 1 aromatic carbocycles. The first-order valence-corrected chi connectivity index (χ1v) is 3.06. The molecule has 4 heteroatoms. The van der Waals surface area contributed by atoms with Crippen molar-refractivity contribution in [1.29, 1.82) is 0 Å². The van der Waals surface area contributed by atoms with Gasteiger partial charge < -0.3 is 9.68 Å². The van der Waals surface area contributed by atoms with Crippen LogP contribution in [0.3, 0.4) is 0 Å². The van der Waals surface area contributed by atoms with E-state index in [2.05, 4.69) is 4.65 Å². The van der Waals surface area contributed by atoms with Crippen molar-refractivity contribution < 1.29 is 9.68 Å². The molecule has 1 rings (SSSR count). The Kier molecular flexibility index (Phi) is 2.60. The molecule has 0 spiro atoms. The molecular formula is C6H4BClO2-. The van der Waals surface area contributed by atoms with E-state index in [-0.39, 0.29) is 0 Å². The first-order chi connectivity index (χ1) is 4.83. The van der Waals surface area contributed by atoms with Gasteiger partial charge in [-0.05, 0) is 24.3 Å². The fourth-order valence-electron chi connectivity index (χ4n) is 0.569. The Labute approximate surface area is 64.7 Å². The fraction of sp³-hybridized carbons (Fsp3) is 0. The molecule has 51 valence electrons. The molecule has 0 N–H and O–H groups in total. The molecule has 0 saturated heterocycles. The molecule has 0 aliphatic carbocycles. The minimum absolute atomic E-state index is 0.378. The third kappa shape index (κ3) is 1.93. The van der Waals surface area contributed by atoms with Gasteiger partial charge in [-0.2, -0.15) is 0 Å². The highest BCUT2D eigenvalue weighted by molar-refractivity contribution is 6.30. The van der Waals surface area contributed by atoms with Crippen molar-refractivity contribution in [3.8, 4) is 5.75 Å². The standard InChI is InChI=1S/C6H4BClO2/c8-5-1-3-6(4-2-5)10-7-9/h1-4H/q-1. The quantitative estimate of drug-likeness (QED) is 0.585. The summed E-state index contributed by atoms with van der Waals surface area (Å²) in [7, 11) is 0.378. The molecule has 0 aromatic heterocycles. The molecule has 0 fully saturated rings. The second kappa shape index (κ2) is 3.49. The molecular weight excluding hydrogens is 150 g/mol. The summed E-state index contributed by atoms with van der Waals surface area (Å²) in [5.74, 6) is 0.499. The fourth-order valence-corrected chi connectivity index (χ4v) is 0.695. The Morgan fingerprint density at radius 1 is 1.30 bits per heavy atom. The largest absolute Gasteiger partial charge is 0.850 e. The van der Waals surface area contributed by atoms with Crippen LogP contribution in [0.2, 0.25) is 5.02 Å². The van der Waals surface area contributed by atoms with Gasteiger partial charge in [0.2, 0.25) is 7.69 Å². The second-order valence-corrected chi connectivity index (χ2v) is 2.10. The molecule has 0 heterocycles. The van der Waals surface area contributed by atoms with Crippen molar-refractivity contribution in [2.75, 3.05) is 0 Å². The van der Waals surface area contributed by atoms with E-state index in [1.54, 1.807) is 24.3 Å². The molecule has 0 aliphatic heterocycles. The van der Waals surface area contributed by atoms with Gasteiger partial charge in [-0.15, -0.1) is 0 Å². The Balaban J connectivity index is 2.69. The summed E-state index contributed by atoms with van der Waals surface area (Å²) in [5, 5.41) is 10.4. The molecule has 0 bridgehead atoms. The zero-order valence-corrected chi connectivity index (χ0v) is 5.84. The van der Waals surface area contributed by atoms with E-state index in [1.165, 1.54) is 0 Å². The van der Waals surface area contributed by atoms with Gasteiger partial charge >= 0.3 is 0 Å². The summed E-state index contributed by atoms with van der Waals surface area (Å²) in [6, 6.07) is 6.55. The third-order valence-corrected chi connectivity index (χ3v) is 1.25. The highest BCUT2D eigenvalue weighted by Gasteiger charge is 1.87. The van der Waals surface area contributed by atoms with E-state index < -0.39 is 0 Å². The van der Waals surface area contributed by atoms with Gasteiger partial charge in [-0.25, -0.2) is 0 Å². The molecule has 1 aromatic rings. The van der Waals surface area contributed by atoms with E-state index in [9.17, 15) is 5.02 Å². The average Bonchev–Trinajstić information content (AvgIpc) is 1.95. The number of benzene rings is 1. The maximum Gasteiger partial charge on any atom is 0.244 e. The van der Waals surface area contributed by atoms with Crippen LogP contribution in [0.1, 0.15) is 0 Å². The molecule has 2 nitrogen and oxygen atoms in total. The molecule has 0 atom stereocenters. The van der Waals surface area contributed by atoms with Gasteiger partial charge in [0.15, 0.2) is 0 Å². The van der Waals surface area contributed by atoms with Crippen LogP contribution in [0.5, 0.6) is 5.75 Å². The Morgan fingerprint density at radius 2 is 1.90 bits per heavy atom. The molecule has 0 unspecified atom stereocenters. The zero-order chi connectivity index (χ0) is 7.40. The van der Waals surface area contributed by atoms with Crippen molar-refractivity contribution in [1.82, 2.24) is 0 Å². The normalized spacial score (nSPS) is 9.00. The van der Waals surface area contributed by atoms with Crippen LogP contribution in [0.25, 0.3) is 0 Å².